The van der Waals surface area contributed by atoms with Crippen LogP contribution in [0.4, 0.5) is 5.69 Å². The van der Waals surface area contributed by atoms with E-state index in [4.69, 9.17) is 4.74 Å². The lowest BCUT2D eigenvalue weighted by atomic mass is 9.79. The van der Waals surface area contributed by atoms with Gasteiger partial charge in [-0.1, -0.05) is 55.9 Å². The molecule has 0 fully saturated rings. The summed E-state index contributed by atoms with van der Waals surface area (Å²) in [6.45, 7) is 3.85. The van der Waals surface area contributed by atoms with Gasteiger partial charge in [-0.15, -0.1) is 0 Å². The van der Waals surface area contributed by atoms with Crippen LogP contribution in [0.2, 0.25) is 0 Å². The zero-order valence-electron chi connectivity index (χ0n) is 15.5. The second-order valence-electron chi connectivity index (χ2n) is 7.28. The summed E-state index contributed by atoms with van der Waals surface area (Å²) in [5.74, 6) is -0.477. The van der Waals surface area contributed by atoms with Gasteiger partial charge in [0.05, 0.1) is 20.3 Å². The van der Waals surface area contributed by atoms with Gasteiger partial charge >= 0.3 is 5.97 Å². The van der Waals surface area contributed by atoms with Crippen LogP contribution in [-0.2, 0) is 9.53 Å². The summed E-state index contributed by atoms with van der Waals surface area (Å²) in [5, 5.41) is 11.3. The molecule has 0 spiro atoms. The van der Waals surface area contributed by atoms with E-state index in [1.165, 1.54) is 6.07 Å². The number of Topliss-reactive ketones (excluding diaryl/α,β-unsaturated/α-hetero) is 1. The van der Waals surface area contributed by atoms with Crippen molar-refractivity contribution in [2.24, 2.45) is 5.41 Å². The highest BCUT2D eigenvalue weighted by atomic mass is 32.2. The Kier molecular flexibility index (Phi) is 5.65. The van der Waals surface area contributed by atoms with Gasteiger partial charge in [0.1, 0.15) is 5.76 Å². The number of ether oxygens (including phenoxy) is 1. The number of carbonyl (C=O) groups excluding carboxylic acids is 2. The summed E-state index contributed by atoms with van der Waals surface area (Å²) >= 11 is 0.985. The van der Waals surface area contributed by atoms with Crippen molar-refractivity contribution >= 4 is 29.2 Å². The van der Waals surface area contributed by atoms with Crippen LogP contribution in [0.25, 0.3) is 0 Å². The van der Waals surface area contributed by atoms with Crippen molar-refractivity contribution in [3.63, 3.8) is 0 Å². The maximum Gasteiger partial charge on any atom is 0.343 e. The molecule has 144 valence electrons. The van der Waals surface area contributed by atoms with Gasteiger partial charge in [-0.05, 0) is 23.6 Å². The molecule has 3 rings (SSSR count). The molecule has 1 aliphatic carbocycles. The van der Waals surface area contributed by atoms with Crippen molar-refractivity contribution in [3.05, 3.63) is 80.9 Å². The Hall–Kier alpha value is -2.93. The van der Waals surface area contributed by atoms with E-state index in [2.05, 4.69) is 0 Å². The molecular weight excluding hydrogens is 378 g/mol. The summed E-state index contributed by atoms with van der Waals surface area (Å²) in [4.78, 5) is 36.7. The van der Waals surface area contributed by atoms with Gasteiger partial charge in [0.2, 0.25) is 0 Å². The van der Waals surface area contributed by atoms with Gasteiger partial charge in [-0.2, -0.15) is 0 Å². The predicted octanol–water partition coefficient (Wildman–Crippen LogP) is 5.14. The Bertz CT molecular complexity index is 966. The molecular formula is C21H19NO5S. The minimum absolute atomic E-state index is 0.0913. The highest BCUT2D eigenvalue weighted by molar-refractivity contribution is 8.04. The monoisotopic (exact) mass is 397 g/mol. The topological polar surface area (TPSA) is 86.5 Å². The molecule has 0 saturated carbocycles. The minimum Gasteiger partial charge on any atom is -0.426 e. The third kappa shape index (κ3) is 4.48. The molecule has 0 heterocycles. The van der Waals surface area contributed by atoms with Gasteiger partial charge < -0.3 is 4.74 Å². The maximum absolute atomic E-state index is 12.8. The standard InChI is InChI=1S/C21H19NO5S/c1-21(2)12-16(23)19(28-18-11-7-6-10-15(18)22(25)26)17(13-21)27-20(24)14-8-4-3-5-9-14/h3-11H,12-13H2,1-2H3. The fourth-order valence-corrected chi connectivity index (χ4v) is 4.02. The lowest BCUT2D eigenvalue weighted by Crippen LogP contribution is -2.26. The molecule has 28 heavy (non-hydrogen) atoms. The summed E-state index contributed by atoms with van der Waals surface area (Å²) in [7, 11) is 0. The molecule has 0 aliphatic heterocycles. The SMILES string of the molecule is CC1(C)CC(=O)C(Sc2ccccc2[N+](=O)[O-])=C(OC(=O)c2ccccc2)C1. The lowest BCUT2D eigenvalue weighted by molar-refractivity contribution is -0.387. The van der Waals surface area contributed by atoms with E-state index in [1.807, 2.05) is 13.8 Å². The predicted molar refractivity (Wildman–Crippen MR) is 106 cm³/mol. The third-order valence-corrected chi connectivity index (χ3v) is 5.51. The van der Waals surface area contributed by atoms with Gasteiger partial charge in [0.25, 0.3) is 5.69 Å². The van der Waals surface area contributed by atoms with Crippen LogP contribution < -0.4 is 0 Å². The first-order chi connectivity index (χ1) is 13.3. The molecule has 0 radical (unpaired) electrons. The number of hydrogen-bond donors (Lipinski definition) is 0. The van der Waals surface area contributed by atoms with Crippen molar-refractivity contribution in [2.75, 3.05) is 0 Å². The van der Waals surface area contributed by atoms with Gasteiger partial charge in [-0.3, -0.25) is 14.9 Å². The van der Waals surface area contributed by atoms with Crippen LogP contribution in [0, 0.1) is 15.5 Å². The molecule has 0 atom stereocenters. The molecule has 2 aromatic rings. The Morgan fingerprint density at radius 2 is 1.71 bits per heavy atom. The number of carbonyl (C=O) groups is 2. The minimum atomic E-state index is -0.554. The van der Waals surface area contributed by atoms with E-state index in [-0.39, 0.29) is 34.0 Å². The molecule has 0 aromatic heterocycles. The second-order valence-corrected chi connectivity index (χ2v) is 8.33. The molecule has 7 heteroatoms. The van der Waals surface area contributed by atoms with Crippen molar-refractivity contribution < 1.29 is 19.2 Å². The number of rotatable bonds is 5. The first kappa shape index (κ1) is 19.8. The number of nitro groups is 1. The molecule has 0 saturated heterocycles. The Labute approximate surface area is 166 Å². The van der Waals surface area contributed by atoms with E-state index >= 15 is 0 Å². The number of nitrogens with zero attached hydrogens (tertiary/aromatic N) is 1. The van der Waals surface area contributed by atoms with Crippen LogP contribution in [0.1, 0.15) is 37.0 Å². The summed E-state index contributed by atoms with van der Waals surface area (Å²) in [6.07, 6.45) is 0.669. The van der Waals surface area contributed by atoms with E-state index in [1.54, 1.807) is 48.5 Å². The average Bonchev–Trinajstić information content (AvgIpc) is 2.65. The average molecular weight is 397 g/mol. The van der Waals surface area contributed by atoms with Crippen molar-refractivity contribution in [1.29, 1.82) is 0 Å². The Morgan fingerprint density at radius 1 is 1.07 bits per heavy atom. The Morgan fingerprint density at radius 3 is 2.39 bits per heavy atom. The second kappa shape index (κ2) is 7.98. The summed E-state index contributed by atoms with van der Waals surface area (Å²) in [6, 6.07) is 14.7. The van der Waals surface area contributed by atoms with E-state index in [0.29, 0.717) is 16.9 Å². The van der Waals surface area contributed by atoms with Crippen LogP contribution in [-0.4, -0.2) is 16.7 Å². The first-order valence-electron chi connectivity index (χ1n) is 8.72. The van der Waals surface area contributed by atoms with Gasteiger partial charge in [-0.25, -0.2) is 4.79 Å². The van der Waals surface area contributed by atoms with Gasteiger partial charge in [0.15, 0.2) is 5.78 Å². The number of ketones is 1. The molecule has 0 bridgehead atoms. The van der Waals surface area contributed by atoms with Crippen LogP contribution >= 0.6 is 11.8 Å². The number of para-hydroxylation sites is 1. The molecule has 0 amide bonds. The fraction of sp³-hybridized carbons (Fsp3) is 0.238. The molecule has 2 aromatic carbocycles. The smallest absolute Gasteiger partial charge is 0.343 e. The van der Waals surface area contributed by atoms with Crippen molar-refractivity contribution in [3.8, 4) is 0 Å². The summed E-state index contributed by atoms with van der Waals surface area (Å²) < 4.78 is 5.60. The van der Waals surface area contributed by atoms with E-state index < -0.39 is 10.9 Å². The van der Waals surface area contributed by atoms with E-state index in [9.17, 15) is 19.7 Å². The number of esters is 1. The number of benzene rings is 2. The normalized spacial score (nSPS) is 16.0. The fourth-order valence-electron chi connectivity index (χ4n) is 2.99. The zero-order chi connectivity index (χ0) is 20.3. The van der Waals surface area contributed by atoms with Crippen LogP contribution in [0.3, 0.4) is 0 Å². The highest BCUT2D eigenvalue weighted by Gasteiger charge is 2.36. The van der Waals surface area contributed by atoms with Crippen LogP contribution in [0.15, 0.2) is 70.2 Å². The van der Waals surface area contributed by atoms with E-state index in [0.717, 1.165) is 11.8 Å². The largest absolute Gasteiger partial charge is 0.426 e. The first-order valence-corrected chi connectivity index (χ1v) is 9.53. The highest BCUT2D eigenvalue weighted by Crippen LogP contribution is 2.45. The molecule has 0 unspecified atom stereocenters. The maximum atomic E-state index is 12.8. The number of hydrogen-bond acceptors (Lipinski definition) is 6. The van der Waals surface area contributed by atoms with Crippen LogP contribution in [0.5, 0.6) is 0 Å². The number of allylic oxidation sites excluding steroid dienone is 2. The quantitative estimate of drug-likeness (QED) is 0.394. The summed E-state index contributed by atoms with van der Waals surface area (Å²) in [5.41, 5.74) is -0.0805. The molecule has 0 N–H and O–H groups in total. The third-order valence-electron chi connectivity index (χ3n) is 4.28. The van der Waals surface area contributed by atoms with Gasteiger partial charge in [0, 0.05) is 18.9 Å². The molecule has 1 aliphatic rings. The number of thioether (sulfide) groups is 1. The Balaban J connectivity index is 1.99. The lowest BCUT2D eigenvalue weighted by Gasteiger charge is -2.31. The molecule has 6 nitrogen and oxygen atoms in total. The van der Waals surface area contributed by atoms with Crippen molar-refractivity contribution in [2.45, 2.75) is 31.6 Å². The number of nitro benzene ring substituents is 1. The van der Waals surface area contributed by atoms with Crippen molar-refractivity contribution in [1.82, 2.24) is 0 Å². The zero-order valence-corrected chi connectivity index (χ0v) is 16.3.